The van der Waals surface area contributed by atoms with Gasteiger partial charge in [-0.2, -0.15) is 0 Å². The zero-order valence-corrected chi connectivity index (χ0v) is 12.1. The third-order valence-corrected chi connectivity index (χ3v) is 2.63. The van der Waals surface area contributed by atoms with Crippen molar-refractivity contribution in [2.75, 3.05) is 17.2 Å². The van der Waals surface area contributed by atoms with Crippen LogP contribution < -0.4 is 21.7 Å². The largest absolute Gasteiger partial charge is 0.336 e. The Bertz CT molecular complexity index is 457. The van der Waals surface area contributed by atoms with Gasteiger partial charge in [-0.3, -0.25) is 4.79 Å². The lowest BCUT2D eigenvalue weighted by Gasteiger charge is -2.12. The van der Waals surface area contributed by atoms with Crippen molar-refractivity contribution in [2.45, 2.75) is 26.8 Å². The van der Waals surface area contributed by atoms with E-state index in [4.69, 9.17) is 5.73 Å². The standard InChI is InChI=1S/C14H22N4O2/c1-9(2)16-14(20)18-12-6-4-11(5-7-12)17-13(19)10(3)8-15/h4-7,9-10H,8,15H2,1-3H3,(H,17,19)(H2,16,18,20). The van der Waals surface area contributed by atoms with Crippen molar-refractivity contribution >= 4 is 23.3 Å². The van der Waals surface area contributed by atoms with Gasteiger partial charge in [-0.15, -0.1) is 0 Å². The molecule has 0 aromatic heterocycles. The van der Waals surface area contributed by atoms with Crippen LogP contribution in [0.25, 0.3) is 0 Å². The first kappa shape index (κ1) is 16.0. The highest BCUT2D eigenvalue weighted by atomic mass is 16.2. The average Bonchev–Trinajstić information content (AvgIpc) is 2.39. The van der Waals surface area contributed by atoms with E-state index < -0.39 is 0 Å². The van der Waals surface area contributed by atoms with E-state index in [-0.39, 0.29) is 23.9 Å². The topological polar surface area (TPSA) is 96.2 Å². The van der Waals surface area contributed by atoms with Crippen LogP contribution >= 0.6 is 0 Å². The maximum absolute atomic E-state index is 11.7. The van der Waals surface area contributed by atoms with Gasteiger partial charge in [0.25, 0.3) is 0 Å². The molecule has 6 nitrogen and oxygen atoms in total. The molecule has 6 heteroatoms. The van der Waals surface area contributed by atoms with Crippen molar-refractivity contribution in [2.24, 2.45) is 11.7 Å². The van der Waals surface area contributed by atoms with E-state index in [0.717, 1.165) is 0 Å². The molecule has 3 amide bonds. The second kappa shape index (κ2) is 7.49. The van der Waals surface area contributed by atoms with Gasteiger partial charge >= 0.3 is 6.03 Å². The number of hydrogen-bond acceptors (Lipinski definition) is 3. The molecule has 0 aliphatic rings. The van der Waals surface area contributed by atoms with Crippen molar-refractivity contribution in [1.82, 2.24) is 5.32 Å². The minimum Gasteiger partial charge on any atom is -0.336 e. The Kier molecular flexibility index (Phi) is 5.99. The first-order valence-electron chi connectivity index (χ1n) is 6.61. The second-order valence-corrected chi connectivity index (χ2v) is 4.96. The lowest BCUT2D eigenvalue weighted by Crippen LogP contribution is -2.34. The third kappa shape index (κ3) is 5.27. The molecule has 0 heterocycles. The summed E-state index contributed by atoms with van der Waals surface area (Å²) in [6.45, 7) is 5.84. The Hall–Kier alpha value is -2.08. The summed E-state index contributed by atoms with van der Waals surface area (Å²) in [5.74, 6) is -0.351. The molecular formula is C14H22N4O2. The van der Waals surface area contributed by atoms with Gasteiger partial charge in [0.15, 0.2) is 0 Å². The lowest BCUT2D eigenvalue weighted by atomic mass is 10.1. The van der Waals surface area contributed by atoms with Crippen molar-refractivity contribution in [3.8, 4) is 0 Å². The van der Waals surface area contributed by atoms with Gasteiger partial charge in [-0.05, 0) is 38.1 Å². The van der Waals surface area contributed by atoms with Gasteiger partial charge in [-0.1, -0.05) is 6.92 Å². The van der Waals surface area contributed by atoms with Crippen LogP contribution in [0.5, 0.6) is 0 Å². The van der Waals surface area contributed by atoms with Gasteiger partial charge in [-0.25, -0.2) is 4.79 Å². The average molecular weight is 278 g/mol. The molecule has 0 saturated heterocycles. The Balaban J connectivity index is 2.56. The summed E-state index contributed by atoms with van der Waals surface area (Å²) in [5.41, 5.74) is 6.76. The van der Waals surface area contributed by atoms with Gasteiger partial charge in [0, 0.05) is 29.9 Å². The number of amides is 3. The van der Waals surface area contributed by atoms with Crippen LogP contribution in [0.2, 0.25) is 0 Å². The van der Waals surface area contributed by atoms with Gasteiger partial charge in [0.1, 0.15) is 0 Å². The first-order valence-corrected chi connectivity index (χ1v) is 6.61. The van der Waals surface area contributed by atoms with Crippen LogP contribution in [-0.4, -0.2) is 24.5 Å². The van der Waals surface area contributed by atoms with E-state index in [9.17, 15) is 9.59 Å². The molecule has 20 heavy (non-hydrogen) atoms. The zero-order valence-electron chi connectivity index (χ0n) is 12.1. The van der Waals surface area contributed by atoms with Crippen LogP contribution in [0.3, 0.4) is 0 Å². The molecule has 110 valence electrons. The zero-order chi connectivity index (χ0) is 15.1. The molecule has 0 saturated carbocycles. The quantitative estimate of drug-likeness (QED) is 0.660. The summed E-state index contributed by atoms with van der Waals surface area (Å²) in [4.78, 5) is 23.2. The fraction of sp³-hybridized carbons (Fsp3) is 0.429. The number of nitrogens with one attached hydrogen (secondary N) is 3. The van der Waals surface area contributed by atoms with E-state index in [1.807, 2.05) is 13.8 Å². The number of anilines is 2. The lowest BCUT2D eigenvalue weighted by molar-refractivity contribution is -0.119. The normalized spacial score (nSPS) is 11.8. The van der Waals surface area contributed by atoms with Crippen molar-refractivity contribution in [3.05, 3.63) is 24.3 Å². The number of benzene rings is 1. The summed E-state index contributed by atoms with van der Waals surface area (Å²) >= 11 is 0. The summed E-state index contributed by atoms with van der Waals surface area (Å²) in [6.07, 6.45) is 0. The molecule has 0 aliphatic carbocycles. The molecule has 1 unspecified atom stereocenters. The molecule has 0 fully saturated rings. The number of carbonyl (C=O) groups is 2. The smallest absolute Gasteiger partial charge is 0.319 e. The highest BCUT2D eigenvalue weighted by molar-refractivity contribution is 5.93. The number of rotatable bonds is 5. The van der Waals surface area contributed by atoms with Gasteiger partial charge in [0.2, 0.25) is 5.91 Å². The maximum atomic E-state index is 11.7. The number of hydrogen-bond donors (Lipinski definition) is 4. The molecule has 1 rings (SSSR count). The summed E-state index contributed by atoms with van der Waals surface area (Å²) in [6, 6.07) is 6.73. The summed E-state index contributed by atoms with van der Waals surface area (Å²) < 4.78 is 0. The van der Waals surface area contributed by atoms with E-state index in [0.29, 0.717) is 17.9 Å². The molecule has 0 radical (unpaired) electrons. The van der Waals surface area contributed by atoms with Crippen LogP contribution in [0.4, 0.5) is 16.2 Å². The third-order valence-electron chi connectivity index (χ3n) is 2.63. The van der Waals surface area contributed by atoms with Crippen LogP contribution in [-0.2, 0) is 4.79 Å². The molecule has 5 N–H and O–H groups in total. The minimum absolute atomic E-state index is 0.0753. The predicted molar refractivity (Wildman–Crippen MR) is 80.6 cm³/mol. The summed E-state index contributed by atoms with van der Waals surface area (Å²) in [5, 5.41) is 8.19. The van der Waals surface area contributed by atoms with Crippen LogP contribution in [0.15, 0.2) is 24.3 Å². The van der Waals surface area contributed by atoms with Crippen molar-refractivity contribution < 1.29 is 9.59 Å². The predicted octanol–water partition coefficient (Wildman–Crippen LogP) is 1.75. The van der Waals surface area contributed by atoms with E-state index >= 15 is 0 Å². The Morgan fingerprint density at radius 1 is 1.05 bits per heavy atom. The molecule has 0 spiro atoms. The highest BCUT2D eigenvalue weighted by Gasteiger charge is 2.10. The number of urea groups is 1. The van der Waals surface area contributed by atoms with Crippen LogP contribution in [0.1, 0.15) is 20.8 Å². The minimum atomic E-state index is -0.256. The van der Waals surface area contributed by atoms with Crippen molar-refractivity contribution in [3.63, 3.8) is 0 Å². The Morgan fingerprint density at radius 3 is 2.00 bits per heavy atom. The van der Waals surface area contributed by atoms with Crippen molar-refractivity contribution in [1.29, 1.82) is 0 Å². The van der Waals surface area contributed by atoms with Crippen LogP contribution in [0, 0.1) is 5.92 Å². The highest BCUT2D eigenvalue weighted by Crippen LogP contribution is 2.14. The fourth-order valence-electron chi connectivity index (χ4n) is 1.44. The van der Waals surface area contributed by atoms with E-state index in [2.05, 4.69) is 16.0 Å². The number of nitrogens with two attached hydrogens (primary N) is 1. The molecule has 1 aromatic rings. The second-order valence-electron chi connectivity index (χ2n) is 4.96. The summed E-state index contributed by atoms with van der Waals surface area (Å²) in [7, 11) is 0. The molecule has 0 bridgehead atoms. The fourth-order valence-corrected chi connectivity index (χ4v) is 1.44. The van der Waals surface area contributed by atoms with Gasteiger partial charge < -0.3 is 21.7 Å². The molecule has 1 atom stereocenters. The Labute approximate surface area is 119 Å². The SMILES string of the molecule is CC(C)NC(=O)Nc1ccc(NC(=O)C(C)CN)cc1. The monoisotopic (exact) mass is 278 g/mol. The molecule has 0 aliphatic heterocycles. The van der Waals surface area contributed by atoms with E-state index in [1.165, 1.54) is 0 Å². The molecule has 1 aromatic carbocycles. The van der Waals surface area contributed by atoms with Gasteiger partial charge in [0.05, 0.1) is 0 Å². The first-order chi connectivity index (χ1) is 9.42. The maximum Gasteiger partial charge on any atom is 0.319 e. The Morgan fingerprint density at radius 2 is 1.55 bits per heavy atom. The van der Waals surface area contributed by atoms with E-state index in [1.54, 1.807) is 31.2 Å². The molecular weight excluding hydrogens is 256 g/mol. The number of carbonyl (C=O) groups excluding carboxylic acids is 2.